The van der Waals surface area contributed by atoms with Crippen molar-refractivity contribution in [2.24, 2.45) is 0 Å². The van der Waals surface area contributed by atoms with Crippen LogP contribution in [0.4, 0.5) is 20.8 Å². The zero-order valence-corrected chi connectivity index (χ0v) is 15.2. The van der Waals surface area contributed by atoms with Crippen LogP contribution in [0.3, 0.4) is 0 Å². The van der Waals surface area contributed by atoms with E-state index in [2.05, 4.69) is 35.8 Å². The predicted molar refractivity (Wildman–Crippen MR) is 103 cm³/mol. The average molecular weight is 393 g/mol. The van der Waals surface area contributed by atoms with E-state index < -0.39 is 18.0 Å². The van der Waals surface area contributed by atoms with Gasteiger partial charge < -0.3 is 15.7 Å². The summed E-state index contributed by atoms with van der Waals surface area (Å²) in [5, 5.41) is 22.5. The molecular formula is C19H16FN7O2. The lowest BCUT2D eigenvalue weighted by Gasteiger charge is -2.17. The number of carbonyl (C=O) groups is 1. The lowest BCUT2D eigenvalue weighted by atomic mass is 10.1. The highest BCUT2D eigenvalue weighted by atomic mass is 19.1. The number of amides is 1. The number of para-hydroxylation sites is 1. The number of halogens is 1. The number of nitrogens with zero attached hydrogens (tertiary/aromatic N) is 4. The van der Waals surface area contributed by atoms with Crippen molar-refractivity contribution in [3.8, 4) is 0 Å². The van der Waals surface area contributed by atoms with Crippen LogP contribution in [0.5, 0.6) is 0 Å². The lowest BCUT2D eigenvalue weighted by Crippen LogP contribution is -2.30. The maximum atomic E-state index is 13.3. The van der Waals surface area contributed by atoms with Gasteiger partial charge in [-0.15, -0.1) is 0 Å². The van der Waals surface area contributed by atoms with Gasteiger partial charge in [-0.2, -0.15) is 5.10 Å². The molecule has 4 aromatic rings. The van der Waals surface area contributed by atoms with Gasteiger partial charge >= 0.3 is 6.09 Å². The second-order valence-corrected chi connectivity index (χ2v) is 6.29. The SMILES string of the molecule is Cc1cc(Nc2nc(C(NC(=O)O)c3ccc(F)cn3)nc3ccccc23)n[nH]1. The Morgan fingerprint density at radius 3 is 2.72 bits per heavy atom. The Hall–Kier alpha value is -4.08. The molecule has 0 bridgehead atoms. The first-order valence-electron chi connectivity index (χ1n) is 8.66. The van der Waals surface area contributed by atoms with Gasteiger partial charge in [-0.3, -0.25) is 10.1 Å². The number of rotatable bonds is 5. The molecule has 1 amide bonds. The summed E-state index contributed by atoms with van der Waals surface area (Å²) >= 11 is 0. The Morgan fingerprint density at radius 1 is 1.21 bits per heavy atom. The van der Waals surface area contributed by atoms with Crippen LogP contribution in [0.25, 0.3) is 10.9 Å². The maximum Gasteiger partial charge on any atom is 0.405 e. The zero-order valence-electron chi connectivity index (χ0n) is 15.2. The largest absolute Gasteiger partial charge is 0.465 e. The van der Waals surface area contributed by atoms with Gasteiger partial charge in [0.15, 0.2) is 11.6 Å². The number of anilines is 2. The Morgan fingerprint density at radius 2 is 2.03 bits per heavy atom. The smallest absolute Gasteiger partial charge is 0.405 e. The second kappa shape index (κ2) is 7.50. The third-order valence-corrected chi connectivity index (χ3v) is 4.14. The average Bonchev–Trinajstić information content (AvgIpc) is 3.11. The Bertz CT molecular complexity index is 1180. The molecule has 0 radical (unpaired) electrons. The number of aryl methyl sites for hydroxylation is 1. The highest BCUT2D eigenvalue weighted by Crippen LogP contribution is 2.27. The topological polar surface area (TPSA) is 129 Å². The van der Waals surface area contributed by atoms with Gasteiger partial charge in [-0.1, -0.05) is 12.1 Å². The summed E-state index contributed by atoms with van der Waals surface area (Å²) in [5.74, 6) is 0.648. The maximum absolute atomic E-state index is 13.3. The number of H-pyrrole nitrogens is 1. The number of aromatic nitrogens is 5. The number of hydrogen-bond acceptors (Lipinski definition) is 6. The molecule has 3 heterocycles. The van der Waals surface area contributed by atoms with Gasteiger partial charge in [-0.25, -0.2) is 19.2 Å². The van der Waals surface area contributed by atoms with Crippen LogP contribution < -0.4 is 10.6 Å². The van der Waals surface area contributed by atoms with E-state index in [0.29, 0.717) is 17.2 Å². The van der Waals surface area contributed by atoms with Crippen LogP contribution in [0.15, 0.2) is 48.7 Å². The highest BCUT2D eigenvalue weighted by Gasteiger charge is 2.23. The molecule has 0 aliphatic rings. The van der Waals surface area contributed by atoms with E-state index >= 15 is 0 Å². The zero-order chi connectivity index (χ0) is 20.4. The molecule has 10 heteroatoms. The molecule has 0 saturated heterocycles. The van der Waals surface area contributed by atoms with Gasteiger partial charge in [0.05, 0.1) is 17.4 Å². The number of nitrogens with one attached hydrogen (secondary N) is 3. The van der Waals surface area contributed by atoms with Crippen LogP contribution in [0.2, 0.25) is 0 Å². The molecular weight excluding hydrogens is 377 g/mol. The summed E-state index contributed by atoms with van der Waals surface area (Å²) < 4.78 is 13.3. The number of carboxylic acid groups (broad SMARTS) is 1. The molecule has 1 unspecified atom stereocenters. The number of aromatic amines is 1. The van der Waals surface area contributed by atoms with Crippen LogP contribution in [-0.4, -0.2) is 36.3 Å². The van der Waals surface area contributed by atoms with Crippen molar-refractivity contribution in [3.05, 3.63) is 71.7 Å². The highest BCUT2D eigenvalue weighted by molar-refractivity contribution is 5.90. The van der Waals surface area contributed by atoms with E-state index in [0.717, 1.165) is 17.3 Å². The van der Waals surface area contributed by atoms with Gasteiger partial charge in [0.25, 0.3) is 0 Å². The fourth-order valence-corrected chi connectivity index (χ4v) is 2.87. The normalized spacial score (nSPS) is 11.9. The molecule has 3 aromatic heterocycles. The molecule has 0 fully saturated rings. The van der Waals surface area contributed by atoms with Crippen molar-refractivity contribution in [1.29, 1.82) is 0 Å². The van der Waals surface area contributed by atoms with Crippen LogP contribution in [0.1, 0.15) is 23.3 Å². The quantitative estimate of drug-likeness (QED) is 0.409. The Labute approximate surface area is 164 Å². The van der Waals surface area contributed by atoms with E-state index in [1.165, 1.54) is 12.1 Å². The monoisotopic (exact) mass is 393 g/mol. The fraction of sp³-hybridized carbons (Fsp3) is 0.105. The van der Waals surface area contributed by atoms with Gasteiger partial charge in [-0.05, 0) is 31.2 Å². The van der Waals surface area contributed by atoms with Crippen molar-refractivity contribution in [1.82, 2.24) is 30.5 Å². The number of pyridine rings is 1. The van der Waals surface area contributed by atoms with Gasteiger partial charge in [0.2, 0.25) is 0 Å². The minimum Gasteiger partial charge on any atom is -0.465 e. The van der Waals surface area contributed by atoms with Crippen molar-refractivity contribution >= 4 is 28.6 Å². The van der Waals surface area contributed by atoms with Gasteiger partial charge in [0, 0.05) is 17.1 Å². The summed E-state index contributed by atoms with van der Waals surface area (Å²) in [7, 11) is 0. The molecule has 0 saturated carbocycles. The third-order valence-electron chi connectivity index (χ3n) is 4.14. The summed E-state index contributed by atoms with van der Waals surface area (Å²) in [5.41, 5.74) is 1.74. The Balaban J connectivity index is 1.84. The molecule has 4 N–H and O–H groups in total. The molecule has 29 heavy (non-hydrogen) atoms. The first-order chi connectivity index (χ1) is 14.0. The molecule has 0 aliphatic heterocycles. The third kappa shape index (κ3) is 3.95. The van der Waals surface area contributed by atoms with E-state index in [4.69, 9.17) is 0 Å². The van der Waals surface area contributed by atoms with Crippen molar-refractivity contribution < 1.29 is 14.3 Å². The summed E-state index contributed by atoms with van der Waals surface area (Å²) in [4.78, 5) is 24.4. The molecule has 9 nitrogen and oxygen atoms in total. The minimum atomic E-state index is -1.28. The predicted octanol–water partition coefficient (Wildman–Crippen LogP) is 3.30. The lowest BCUT2D eigenvalue weighted by molar-refractivity contribution is 0.191. The van der Waals surface area contributed by atoms with E-state index in [9.17, 15) is 14.3 Å². The summed E-state index contributed by atoms with van der Waals surface area (Å²) in [6.45, 7) is 1.87. The number of fused-ring (bicyclic) bond motifs is 1. The van der Waals surface area contributed by atoms with Crippen LogP contribution in [-0.2, 0) is 0 Å². The Kier molecular flexibility index (Phi) is 4.73. The molecule has 4 rings (SSSR count). The molecule has 0 aliphatic carbocycles. The summed E-state index contributed by atoms with van der Waals surface area (Å²) in [6, 6.07) is 10.7. The molecule has 1 aromatic carbocycles. The van der Waals surface area contributed by atoms with Crippen LogP contribution >= 0.6 is 0 Å². The van der Waals surface area contributed by atoms with E-state index in [1.54, 1.807) is 6.07 Å². The van der Waals surface area contributed by atoms with Crippen molar-refractivity contribution in [2.75, 3.05) is 5.32 Å². The number of hydrogen-bond donors (Lipinski definition) is 4. The fourth-order valence-electron chi connectivity index (χ4n) is 2.87. The first-order valence-corrected chi connectivity index (χ1v) is 8.66. The van der Waals surface area contributed by atoms with Crippen LogP contribution in [0, 0.1) is 12.7 Å². The van der Waals surface area contributed by atoms with E-state index in [1.807, 2.05) is 31.2 Å². The molecule has 146 valence electrons. The second-order valence-electron chi connectivity index (χ2n) is 6.29. The number of benzene rings is 1. The first kappa shape index (κ1) is 18.3. The minimum absolute atomic E-state index is 0.167. The molecule has 1 atom stereocenters. The van der Waals surface area contributed by atoms with Gasteiger partial charge in [0.1, 0.15) is 17.7 Å². The standard InChI is InChI=1S/C19H16FN7O2/c1-10-8-15(27-26-10)23-17-12-4-2-3-5-13(12)22-18(25-17)16(24-19(28)29)14-7-6-11(20)9-21-14/h2-9,16,24H,1H3,(H,28,29)(H2,22,23,25,26,27). The van der Waals surface area contributed by atoms with Crippen molar-refractivity contribution in [2.45, 2.75) is 13.0 Å². The van der Waals surface area contributed by atoms with Crippen molar-refractivity contribution in [3.63, 3.8) is 0 Å². The summed E-state index contributed by atoms with van der Waals surface area (Å²) in [6.07, 6.45) is -0.270. The molecule has 0 spiro atoms. The van der Waals surface area contributed by atoms with E-state index in [-0.39, 0.29) is 11.5 Å².